The number of hydrogen-bond donors (Lipinski definition) is 0. The highest BCUT2D eigenvalue weighted by atomic mass is 19.1. The number of para-hydroxylation sites is 1. The summed E-state index contributed by atoms with van der Waals surface area (Å²) in [7, 11) is 0. The summed E-state index contributed by atoms with van der Waals surface area (Å²) in [6, 6.07) is 22.1. The molecule has 0 aliphatic heterocycles. The third-order valence-electron chi connectivity index (χ3n) is 7.66. The molecule has 0 saturated carbocycles. The van der Waals surface area contributed by atoms with Gasteiger partial charge in [-0.15, -0.1) is 0 Å². The van der Waals surface area contributed by atoms with E-state index >= 15 is 0 Å². The van der Waals surface area contributed by atoms with Gasteiger partial charge in [-0.1, -0.05) is 68.4 Å². The van der Waals surface area contributed by atoms with Gasteiger partial charge in [-0.3, -0.25) is 13.9 Å². The number of rotatable bonds is 11. The van der Waals surface area contributed by atoms with E-state index in [2.05, 4.69) is 18.9 Å². The molecule has 8 heteroatoms. The van der Waals surface area contributed by atoms with Crippen molar-refractivity contribution >= 4 is 10.8 Å². The number of halogens is 1. The highest BCUT2D eigenvalue weighted by Gasteiger charge is 2.21. The van der Waals surface area contributed by atoms with Gasteiger partial charge in [0.1, 0.15) is 12.4 Å². The third-order valence-corrected chi connectivity index (χ3v) is 7.66. The molecule has 218 valence electrons. The Labute approximate surface area is 244 Å². The van der Waals surface area contributed by atoms with Gasteiger partial charge in [-0.05, 0) is 72.9 Å². The van der Waals surface area contributed by atoms with Crippen LogP contribution in [0.5, 0.6) is 0 Å². The number of fused-ring (bicyclic) bond motifs is 1. The molecular weight excluding hydrogens is 531 g/mol. The van der Waals surface area contributed by atoms with Crippen molar-refractivity contribution in [1.29, 1.82) is 0 Å². The largest absolute Gasteiger partial charge is 0.369 e. The van der Waals surface area contributed by atoms with Crippen LogP contribution in [0.15, 0.2) is 82.4 Å². The van der Waals surface area contributed by atoms with E-state index < -0.39 is 5.82 Å². The average molecular weight is 569 g/mol. The van der Waals surface area contributed by atoms with Crippen LogP contribution in [-0.4, -0.2) is 18.9 Å². The lowest BCUT2D eigenvalue weighted by atomic mass is 9.92. The Morgan fingerprint density at radius 2 is 1.67 bits per heavy atom. The Hall–Kier alpha value is -4.30. The molecule has 0 saturated heterocycles. The molecule has 0 N–H and O–H groups in total. The maximum atomic E-state index is 14.3. The van der Waals surface area contributed by atoms with Crippen LogP contribution >= 0.6 is 0 Å². The molecule has 0 unspecified atom stereocenters. The van der Waals surface area contributed by atoms with Gasteiger partial charge in [-0.25, -0.2) is 13.9 Å². The maximum Gasteiger partial charge on any atom is 0.345 e. The summed E-state index contributed by atoms with van der Waals surface area (Å²) in [6.45, 7) is 9.61. The lowest BCUT2D eigenvalue weighted by Gasteiger charge is -2.23. The molecule has 0 fully saturated rings. The summed E-state index contributed by atoms with van der Waals surface area (Å²) in [5.74, 6) is 0.234. The van der Waals surface area contributed by atoms with Gasteiger partial charge in [0.15, 0.2) is 5.82 Å². The number of aryl methyl sites for hydroxylation is 2. The summed E-state index contributed by atoms with van der Waals surface area (Å²) < 4.78 is 25.1. The van der Waals surface area contributed by atoms with Crippen molar-refractivity contribution in [2.75, 3.05) is 0 Å². The second-order valence-electron chi connectivity index (χ2n) is 10.9. The molecule has 0 bridgehead atoms. The molecular formula is C34H37FN4O3. The van der Waals surface area contributed by atoms with Crippen LogP contribution in [0.1, 0.15) is 61.3 Å². The van der Waals surface area contributed by atoms with Crippen molar-refractivity contribution in [2.45, 2.75) is 72.8 Å². The van der Waals surface area contributed by atoms with Gasteiger partial charge < -0.3 is 4.74 Å². The second-order valence-corrected chi connectivity index (χ2v) is 10.9. The van der Waals surface area contributed by atoms with Crippen molar-refractivity contribution in [3.05, 3.63) is 128 Å². The highest BCUT2D eigenvalue weighted by molar-refractivity contribution is 5.86. The van der Waals surface area contributed by atoms with Crippen molar-refractivity contribution in [1.82, 2.24) is 18.9 Å². The molecule has 0 aliphatic rings. The van der Waals surface area contributed by atoms with Crippen LogP contribution in [-0.2, 0) is 37.5 Å². The van der Waals surface area contributed by atoms with Crippen molar-refractivity contribution < 1.29 is 9.13 Å². The SMILES string of the molecule is CCn1c(COCc2ccccc2)nn(CCCc2c(C(C)C)c3ccc(F)cc3c(=O)n2-c2ccccc2C)c1=O. The molecule has 0 amide bonds. The zero-order valence-electron chi connectivity index (χ0n) is 24.6. The van der Waals surface area contributed by atoms with E-state index in [0.29, 0.717) is 43.7 Å². The Balaban J connectivity index is 1.47. The van der Waals surface area contributed by atoms with Crippen LogP contribution in [0.25, 0.3) is 16.5 Å². The van der Waals surface area contributed by atoms with Crippen LogP contribution in [0.4, 0.5) is 4.39 Å². The van der Waals surface area contributed by atoms with Gasteiger partial charge in [0.05, 0.1) is 17.7 Å². The zero-order valence-corrected chi connectivity index (χ0v) is 24.6. The smallest absolute Gasteiger partial charge is 0.345 e. The molecule has 2 heterocycles. The van der Waals surface area contributed by atoms with Gasteiger partial charge in [-0.2, -0.15) is 5.10 Å². The van der Waals surface area contributed by atoms with E-state index in [1.807, 2.05) is 68.4 Å². The fraction of sp³-hybridized carbons (Fsp3) is 0.324. The summed E-state index contributed by atoms with van der Waals surface area (Å²) in [5.41, 5.74) is 4.24. The first kappa shape index (κ1) is 29.2. The zero-order chi connectivity index (χ0) is 29.8. The van der Waals surface area contributed by atoms with E-state index in [0.717, 1.165) is 33.5 Å². The second kappa shape index (κ2) is 12.7. The molecule has 0 atom stereocenters. The summed E-state index contributed by atoms with van der Waals surface area (Å²) >= 11 is 0. The molecule has 0 radical (unpaired) electrons. The minimum atomic E-state index is -0.437. The molecule has 7 nitrogen and oxygen atoms in total. The molecule has 5 aromatic rings. The van der Waals surface area contributed by atoms with E-state index in [9.17, 15) is 14.0 Å². The van der Waals surface area contributed by atoms with Crippen molar-refractivity contribution in [3.8, 4) is 5.69 Å². The fourth-order valence-electron chi connectivity index (χ4n) is 5.69. The van der Waals surface area contributed by atoms with Crippen LogP contribution in [0.3, 0.4) is 0 Å². The Morgan fingerprint density at radius 3 is 2.38 bits per heavy atom. The number of ether oxygens (including phenoxy) is 1. The maximum absolute atomic E-state index is 14.3. The summed E-state index contributed by atoms with van der Waals surface area (Å²) in [4.78, 5) is 27.1. The first-order valence-corrected chi connectivity index (χ1v) is 14.5. The van der Waals surface area contributed by atoms with E-state index in [1.165, 1.54) is 16.8 Å². The predicted molar refractivity (Wildman–Crippen MR) is 164 cm³/mol. The van der Waals surface area contributed by atoms with Crippen molar-refractivity contribution in [2.24, 2.45) is 0 Å². The Bertz CT molecular complexity index is 1820. The van der Waals surface area contributed by atoms with Crippen LogP contribution in [0, 0.1) is 12.7 Å². The van der Waals surface area contributed by atoms with Gasteiger partial charge >= 0.3 is 5.69 Å². The Kier molecular flexibility index (Phi) is 8.83. The molecule has 0 spiro atoms. The number of pyridine rings is 1. The molecule has 2 aromatic heterocycles. The minimum absolute atomic E-state index is 0.0826. The number of nitrogens with zero attached hydrogens (tertiary/aromatic N) is 4. The molecule has 3 aromatic carbocycles. The monoisotopic (exact) mass is 568 g/mol. The Morgan fingerprint density at radius 1 is 0.929 bits per heavy atom. The number of benzene rings is 3. The van der Waals surface area contributed by atoms with E-state index in [4.69, 9.17) is 4.74 Å². The first-order chi connectivity index (χ1) is 20.3. The third kappa shape index (κ3) is 5.85. The normalized spacial score (nSPS) is 11.6. The van der Waals surface area contributed by atoms with Crippen molar-refractivity contribution in [3.63, 3.8) is 0 Å². The lowest BCUT2D eigenvalue weighted by molar-refractivity contribution is 0.0988. The minimum Gasteiger partial charge on any atom is -0.369 e. The molecule has 42 heavy (non-hydrogen) atoms. The average Bonchev–Trinajstić information content (AvgIpc) is 3.28. The quantitative estimate of drug-likeness (QED) is 0.188. The number of hydrogen-bond acceptors (Lipinski definition) is 4. The highest BCUT2D eigenvalue weighted by Crippen LogP contribution is 2.31. The van der Waals surface area contributed by atoms with Gasteiger partial charge in [0, 0.05) is 18.8 Å². The molecule has 0 aliphatic carbocycles. The van der Waals surface area contributed by atoms with Crippen LogP contribution in [0.2, 0.25) is 0 Å². The lowest BCUT2D eigenvalue weighted by Crippen LogP contribution is -2.27. The first-order valence-electron chi connectivity index (χ1n) is 14.5. The standard InChI is InChI=1S/C34H37FN4O3/c1-5-37-31(22-42-21-25-13-7-6-8-14-25)36-38(34(37)41)19-11-16-30-32(23(2)3)27-18-17-26(35)20-28(27)33(40)39(30)29-15-10-9-12-24(29)4/h6-10,12-15,17-18,20,23H,5,11,16,19,21-22H2,1-4H3. The summed E-state index contributed by atoms with van der Waals surface area (Å²) in [5, 5.41) is 5.73. The fourth-order valence-corrected chi connectivity index (χ4v) is 5.69. The predicted octanol–water partition coefficient (Wildman–Crippen LogP) is 6.29. The summed E-state index contributed by atoms with van der Waals surface area (Å²) in [6.07, 6.45) is 1.12. The van der Waals surface area contributed by atoms with Crippen LogP contribution < -0.4 is 11.2 Å². The van der Waals surface area contributed by atoms with Gasteiger partial charge in [0.25, 0.3) is 5.56 Å². The molecule has 5 rings (SSSR count). The number of aromatic nitrogens is 4. The van der Waals surface area contributed by atoms with Gasteiger partial charge in [0.2, 0.25) is 0 Å². The topological polar surface area (TPSA) is 71.0 Å². The van der Waals surface area contributed by atoms with E-state index in [1.54, 1.807) is 15.2 Å². The van der Waals surface area contributed by atoms with E-state index in [-0.39, 0.29) is 23.8 Å².